The van der Waals surface area contributed by atoms with Gasteiger partial charge in [0.25, 0.3) is 0 Å². The van der Waals surface area contributed by atoms with Gasteiger partial charge in [0.1, 0.15) is 0 Å². The van der Waals surface area contributed by atoms with Crippen LogP contribution in [0.4, 0.5) is 4.79 Å². The zero-order valence-electron chi connectivity index (χ0n) is 8.21. The molecule has 0 aromatic carbocycles. The molecule has 3 nitrogen and oxygen atoms in total. The average Bonchev–Trinajstić information content (AvgIpc) is 2.03. The van der Waals surface area contributed by atoms with Gasteiger partial charge < -0.3 is 10.4 Å². The Morgan fingerprint density at radius 3 is 2.23 bits per heavy atom. The molecule has 0 aromatic heterocycles. The molecule has 2 bridgehead atoms. The maximum atomic E-state index is 10.4. The van der Waals surface area contributed by atoms with Crippen molar-refractivity contribution in [2.24, 2.45) is 17.3 Å². The number of amides is 1. The second kappa shape index (κ2) is 2.63. The smallest absolute Gasteiger partial charge is 0.404 e. The van der Waals surface area contributed by atoms with Gasteiger partial charge in [0, 0.05) is 6.04 Å². The summed E-state index contributed by atoms with van der Waals surface area (Å²) in [6.07, 6.45) is 2.51. The highest BCUT2D eigenvalue weighted by Gasteiger charge is 2.52. The zero-order chi connectivity index (χ0) is 9.64. The van der Waals surface area contributed by atoms with Crippen LogP contribution in [0.2, 0.25) is 0 Å². The molecule has 0 unspecified atom stereocenters. The van der Waals surface area contributed by atoms with E-state index in [1.54, 1.807) is 0 Å². The van der Waals surface area contributed by atoms with Crippen molar-refractivity contribution in [3.05, 3.63) is 0 Å². The standard InChI is InChI=1S/C10H17NO2/c1-10(2)6-3-7(10)5-8(4-6)11-9(12)13/h6-8,11H,3-5H2,1-2H3,(H,12,13)/t6-,7+,8+. The molecule has 74 valence electrons. The molecule has 3 atom stereocenters. The van der Waals surface area contributed by atoms with Gasteiger partial charge in [-0.25, -0.2) is 4.79 Å². The van der Waals surface area contributed by atoms with Crippen molar-refractivity contribution in [2.45, 2.75) is 39.2 Å². The van der Waals surface area contributed by atoms with Crippen molar-refractivity contribution in [1.29, 1.82) is 0 Å². The second-order valence-electron chi connectivity index (χ2n) is 5.07. The molecule has 13 heavy (non-hydrogen) atoms. The Morgan fingerprint density at radius 1 is 1.31 bits per heavy atom. The molecule has 0 aromatic rings. The SMILES string of the molecule is CC1(C)[C@@H]2C[C@@H](NC(=O)O)C[C@H]1C2. The molecule has 0 saturated heterocycles. The van der Waals surface area contributed by atoms with Gasteiger partial charge in [-0.3, -0.25) is 0 Å². The Bertz CT molecular complexity index is 223. The van der Waals surface area contributed by atoms with Crippen LogP contribution in [-0.2, 0) is 0 Å². The average molecular weight is 183 g/mol. The molecule has 0 spiro atoms. The maximum Gasteiger partial charge on any atom is 0.404 e. The van der Waals surface area contributed by atoms with E-state index in [9.17, 15) is 4.79 Å². The summed E-state index contributed by atoms with van der Waals surface area (Å²) >= 11 is 0. The molecular formula is C10H17NO2. The van der Waals surface area contributed by atoms with E-state index in [1.165, 1.54) is 6.42 Å². The molecular weight excluding hydrogens is 166 g/mol. The quantitative estimate of drug-likeness (QED) is 0.654. The highest BCUT2D eigenvalue weighted by atomic mass is 16.4. The molecule has 3 fully saturated rings. The Labute approximate surface area is 78.5 Å². The molecule has 0 aliphatic heterocycles. The fraction of sp³-hybridized carbons (Fsp3) is 0.900. The van der Waals surface area contributed by atoms with Crippen LogP contribution >= 0.6 is 0 Å². The van der Waals surface area contributed by atoms with Crippen LogP contribution in [0.5, 0.6) is 0 Å². The topological polar surface area (TPSA) is 49.3 Å². The van der Waals surface area contributed by atoms with Crippen LogP contribution < -0.4 is 5.32 Å². The highest BCUT2D eigenvalue weighted by Crippen LogP contribution is 2.58. The van der Waals surface area contributed by atoms with Crippen molar-refractivity contribution >= 4 is 6.09 Å². The molecule has 3 aliphatic rings. The molecule has 2 N–H and O–H groups in total. The van der Waals surface area contributed by atoms with Crippen LogP contribution in [0.15, 0.2) is 0 Å². The third-order valence-corrected chi connectivity index (χ3v) is 4.14. The maximum absolute atomic E-state index is 10.4. The molecule has 3 aliphatic carbocycles. The first-order valence-electron chi connectivity index (χ1n) is 4.99. The summed E-state index contributed by atoms with van der Waals surface area (Å²) < 4.78 is 0. The highest BCUT2D eigenvalue weighted by molar-refractivity contribution is 5.64. The third kappa shape index (κ3) is 1.30. The van der Waals surface area contributed by atoms with Gasteiger partial charge in [-0.2, -0.15) is 0 Å². The molecule has 1 amide bonds. The Kier molecular flexibility index (Phi) is 1.79. The monoisotopic (exact) mass is 183 g/mol. The van der Waals surface area contributed by atoms with Gasteiger partial charge in [-0.15, -0.1) is 0 Å². The molecule has 3 rings (SSSR count). The molecule has 3 heteroatoms. The van der Waals surface area contributed by atoms with Gasteiger partial charge in [-0.05, 0) is 36.5 Å². The predicted octanol–water partition coefficient (Wildman–Crippen LogP) is 2.08. The minimum atomic E-state index is -0.871. The third-order valence-electron chi connectivity index (χ3n) is 4.14. The van der Waals surface area contributed by atoms with Gasteiger partial charge >= 0.3 is 6.09 Å². The summed E-state index contributed by atoms with van der Waals surface area (Å²) in [6, 6.07) is 0.217. The Hall–Kier alpha value is -0.730. The molecule has 0 radical (unpaired) electrons. The van der Waals surface area contributed by atoms with E-state index < -0.39 is 6.09 Å². The van der Waals surface area contributed by atoms with E-state index in [2.05, 4.69) is 19.2 Å². The number of rotatable bonds is 1. The van der Waals surface area contributed by atoms with Crippen molar-refractivity contribution in [3.63, 3.8) is 0 Å². The summed E-state index contributed by atoms with van der Waals surface area (Å²) in [7, 11) is 0. The lowest BCUT2D eigenvalue weighted by Gasteiger charge is -2.58. The predicted molar refractivity (Wildman–Crippen MR) is 49.6 cm³/mol. The number of fused-ring (bicyclic) bond motifs is 2. The first-order valence-corrected chi connectivity index (χ1v) is 4.99. The first-order chi connectivity index (χ1) is 6.00. The number of hydrogen-bond donors (Lipinski definition) is 2. The van der Waals surface area contributed by atoms with Crippen LogP contribution in [0.1, 0.15) is 33.1 Å². The van der Waals surface area contributed by atoms with Crippen molar-refractivity contribution < 1.29 is 9.90 Å². The van der Waals surface area contributed by atoms with Crippen LogP contribution in [0, 0.1) is 17.3 Å². The zero-order valence-corrected chi connectivity index (χ0v) is 8.21. The normalized spacial score (nSPS) is 40.6. The minimum Gasteiger partial charge on any atom is -0.465 e. The van der Waals surface area contributed by atoms with Gasteiger partial charge in [0.15, 0.2) is 0 Å². The van der Waals surface area contributed by atoms with E-state index in [0.29, 0.717) is 5.41 Å². The van der Waals surface area contributed by atoms with Crippen LogP contribution in [-0.4, -0.2) is 17.2 Å². The van der Waals surface area contributed by atoms with Crippen LogP contribution in [0.3, 0.4) is 0 Å². The van der Waals surface area contributed by atoms with Gasteiger partial charge in [0.05, 0.1) is 0 Å². The Morgan fingerprint density at radius 2 is 1.85 bits per heavy atom. The fourth-order valence-corrected chi connectivity index (χ4v) is 3.00. The van der Waals surface area contributed by atoms with E-state index in [-0.39, 0.29) is 6.04 Å². The summed E-state index contributed by atoms with van der Waals surface area (Å²) in [4.78, 5) is 10.4. The van der Waals surface area contributed by atoms with E-state index in [1.807, 2.05) is 0 Å². The van der Waals surface area contributed by atoms with Gasteiger partial charge in [0.2, 0.25) is 0 Å². The second-order valence-corrected chi connectivity index (χ2v) is 5.07. The lowest BCUT2D eigenvalue weighted by atomic mass is 9.48. The van der Waals surface area contributed by atoms with E-state index in [4.69, 9.17) is 5.11 Å². The van der Waals surface area contributed by atoms with Crippen molar-refractivity contribution in [1.82, 2.24) is 5.32 Å². The van der Waals surface area contributed by atoms with Crippen molar-refractivity contribution in [2.75, 3.05) is 0 Å². The summed E-state index contributed by atoms with van der Waals surface area (Å²) in [6.45, 7) is 4.62. The van der Waals surface area contributed by atoms with Crippen molar-refractivity contribution in [3.8, 4) is 0 Å². The molecule has 0 heterocycles. The Balaban J connectivity index is 1.93. The summed E-state index contributed by atoms with van der Waals surface area (Å²) in [5.74, 6) is 1.48. The number of carbonyl (C=O) groups is 1. The lowest BCUT2D eigenvalue weighted by Crippen LogP contribution is -2.55. The van der Waals surface area contributed by atoms with E-state index in [0.717, 1.165) is 24.7 Å². The first kappa shape index (κ1) is 8.85. The van der Waals surface area contributed by atoms with Crippen LogP contribution in [0.25, 0.3) is 0 Å². The van der Waals surface area contributed by atoms with E-state index >= 15 is 0 Å². The summed E-state index contributed by atoms with van der Waals surface area (Å²) in [5, 5.41) is 11.2. The molecule has 3 saturated carbocycles. The number of nitrogens with one attached hydrogen (secondary N) is 1. The summed E-state index contributed by atoms with van der Waals surface area (Å²) in [5.41, 5.74) is 0.469. The lowest BCUT2D eigenvalue weighted by molar-refractivity contribution is -0.0773. The fourth-order valence-electron chi connectivity index (χ4n) is 3.00. The number of carboxylic acid groups (broad SMARTS) is 1. The minimum absolute atomic E-state index is 0.217. The number of hydrogen-bond acceptors (Lipinski definition) is 1. The largest absolute Gasteiger partial charge is 0.465 e. The van der Waals surface area contributed by atoms with Gasteiger partial charge in [-0.1, -0.05) is 13.8 Å².